The second kappa shape index (κ2) is 7.03. The third-order valence-corrected chi connectivity index (χ3v) is 4.29. The van der Waals surface area contributed by atoms with E-state index in [1.807, 2.05) is 12.1 Å². The molecule has 0 aromatic heterocycles. The average molecular weight is 293 g/mol. The van der Waals surface area contributed by atoms with Crippen LogP contribution >= 0.6 is 0 Å². The smallest absolute Gasteiger partial charge is 0.203 e. The Bertz CT molecular complexity index is 444. The van der Waals surface area contributed by atoms with Crippen LogP contribution in [0.3, 0.4) is 0 Å². The molecule has 21 heavy (non-hydrogen) atoms. The Hall–Kier alpha value is -1.42. The van der Waals surface area contributed by atoms with Crippen LogP contribution in [0.15, 0.2) is 12.1 Å². The summed E-state index contributed by atoms with van der Waals surface area (Å²) < 4.78 is 16.1. The molecule has 0 radical (unpaired) electrons. The molecule has 1 aromatic carbocycles. The zero-order chi connectivity index (χ0) is 15.3. The molecule has 118 valence electrons. The molecular weight excluding hydrogens is 266 g/mol. The van der Waals surface area contributed by atoms with Crippen molar-refractivity contribution in [2.24, 2.45) is 5.41 Å². The number of nitrogens with one attached hydrogen (secondary N) is 1. The van der Waals surface area contributed by atoms with E-state index in [2.05, 4.69) is 12.2 Å². The maximum atomic E-state index is 5.38. The number of benzene rings is 1. The summed E-state index contributed by atoms with van der Waals surface area (Å²) in [6.07, 6.45) is 5.33. The summed E-state index contributed by atoms with van der Waals surface area (Å²) in [6.45, 7) is 4.18. The maximum Gasteiger partial charge on any atom is 0.203 e. The Morgan fingerprint density at radius 2 is 1.67 bits per heavy atom. The van der Waals surface area contributed by atoms with Crippen molar-refractivity contribution in [1.82, 2.24) is 5.32 Å². The van der Waals surface area contributed by atoms with Crippen LogP contribution in [0.25, 0.3) is 0 Å². The van der Waals surface area contributed by atoms with Crippen molar-refractivity contribution >= 4 is 0 Å². The molecule has 0 heterocycles. The lowest BCUT2D eigenvalue weighted by Gasteiger charge is -2.17. The van der Waals surface area contributed by atoms with E-state index in [0.29, 0.717) is 22.7 Å². The van der Waals surface area contributed by atoms with Crippen LogP contribution < -0.4 is 19.5 Å². The van der Waals surface area contributed by atoms with Gasteiger partial charge in [-0.1, -0.05) is 13.3 Å². The molecule has 1 saturated carbocycles. The molecule has 0 unspecified atom stereocenters. The van der Waals surface area contributed by atoms with Crippen LogP contribution in [0, 0.1) is 5.41 Å². The monoisotopic (exact) mass is 293 g/mol. The highest BCUT2D eigenvalue weighted by Gasteiger charge is 2.40. The Morgan fingerprint density at radius 1 is 1.05 bits per heavy atom. The van der Waals surface area contributed by atoms with Crippen LogP contribution in [0.4, 0.5) is 0 Å². The van der Waals surface area contributed by atoms with Crippen LogP contribution in [-0.2, 0) is 6.54 Å². The molecule has 1 aliphatic rings. The Kier molecular flexibility index (Phi) is 5.34. The first-order chi connectivity index (χ1) is 10.2. The quantitative estimate of drug-likeness (QED) is 0.757. The summed E-state index contributed by atoms with van der Waals surface area (Å²) in [4.78, 5) is 0. The molecule has 4 heteroatoms. The fraction of sp³-hybridized carbons (Fsp3) is 0.647. The Labute approximate surface area is 127 Å². The van der Waals surface area contributed by atoms with Crippen LogP contribution in [0.1, 0.15) is 38.2 Å². The van der Waals surface area contributed by atoms with Gasteiger partial charge in [-0.2, -0.15) is 0 Å². The Balaban J connectivity index is 2.00. The van der Waals surface area contributed by atoms with E-state index in [9.17, 15) is 0 Å². The molecular formula is C17H27NO3. The van der Waals surface area contributed by atoms with E-state index < -0.39 is 0 Å². The van der Waals surface area contributed by atoms with Crippen molar-refractivity contribution in [3.8, 4) is 17.2 Å². The topological polar surface area (TPSA) is 39.7 Å². The van der Waals surface area contributed by atoms with Gasteiger partial charge in [0, 0.05) is 13.1 Å². The first-order valence-corrected chi connectivity index (χ1v) is 7.67. The highest BCUT2D eigenvalue weighted by molar-refractivity contribution is 5.53. The van der Waals surface area contributed by atoms with Crippen LogP contribution in [0.2, 0.25) is 0 Å². The third kappa shape index (κ3) is 3.82. The fourth-order valence-corrected chi connectivity index (χ4v) is 2.93. The number of rotatable bonds is 9. The largest absolute Gasteiger partial charge is 0.493 e. The summed E-state index contributed by atoms with van der Waals surface area (Å²) in [7, 11) is 4.92. The first-order valence-electron chi connectivity index (χ1n) is 7.67. The SMILES string of the molecule is CCCC1(CNCc2cc(OC)c(OC)c(OC)c2)CC1. The van der Waals surface area contributed by atoms with Gasteiger partial charge in [0.25, 0.3) is 0 Å². The maximum absolute atomic E-state index is 5.38. The Morgan fingerprint density at radius 3 is 2.10 bits per heavy atom. The molecule has 0 aliphatic heterocycles. The van der Waals surface area contributed by atoms with Gasteiger partial charge in [-0.3, -0.25) is 0 Å². The summed E-state index contributed by atoms with van der Waals surface area (Å²) in [6, 6.07) is 4.02. The highest BCUT2D eigenvalue weighted by atomic mass is 16.5. The van der Waals surface area contributed by atoms with E-state index >= 15 is 0 Å². The molecule has 0 spiro atoms. The van der Waals surface area contributed by atoms with Crippen molar-refractivity contribution in [2.75, 3.05) is 27.9 Å². The zero-order valence-corrected chi connectivity index (χ0v) is 13.6. The van der Waals surface area contributed by atoms with Crippen molar-refractivity contribution in [3.05, 3.63) is 17.7 Å². The molecule has 1 aliphatic carbocycles. The molecule has 0 amide bonds. The van der Waals surface area contributed by atoms with E-state index in [1.165, 1.54) is 25.7 Å². The fourth-order valence-electron chi connectivity index (χ4n) is 2.93. The van der Waals surface area contributed by atoms with Crippen LogP contribution in [0.5, 0.6) is 17.2 Å². The molecule has 1 aromatic rings. The summed E-state index contributed by atoms with van der Waals surface area (Å²) in [5.41, 5.74) is 1.71. The molecule has 4 nitrogen and oxygen atoms in total. The van der Waals surface area contributed by atoms with E-state index in [4.69, 9.17) is 14.2 Å². The summed E-state index contributed by atoms with van der Waals surface area (Å²) in [5, 5.41) is 3.58. The lowest BCUT2D eigenvalue weighted by Crippen LogP contribution is -2.23. The standard InChI is InChI=1S/C17H27NO3/c1-5-6-17(7-8-17)12-18-11-13-9-14(19-2)16(21-4)15(10-13)20-3/h9-10,18H,5-8,11-12H2,1-4H3. The second-order valence-corrected chi connectivity index (χ2v) is 5.89. The van der Waals surface area contributed by atoms with Gasteiger partial charge in [0.15, 0.2) is 11.5 Å². The van der Waals surface area contributed by atoms with Gasteiger partial charge in [-0.25, -0.2) is 0 Å². The predicted octanol–water partition coefficient (Wildman–Crippen LogP) is 3.38. The first kappa shape index (κ1) is 16.0. The van der Waals surface area contributed by atoms with E-state index in [0.717, 1.165) is 18.7 Å². The van der Waals surface area contributed by atoms with Gasteiger partial charge in [0.05, 0.1) is 21.3 Å². The predicted molar refractivity (Wildman–Crippen MR) is 84.4 cm³/mol. The van der Waals surface area contributed by atoms with Gasteiger partial charge in [0.1, 0.15) is 0 Å². The van der Waals surface area contributed by atoms with Gasteiger partial charge < -0.3 is 19.5 Å². The van der Waals surface area contributed by atoms with Gasteiger partial charge >= 0.3 is 0 Å². The van der Waals surface area contributed by atoms with Crippen molar-refractivity contribution < 1.29 is 14.2 Å². The van der Waals surface area contributed by atoms with Crippen LogP contribution in [-0.4, -0.2) is 27.9 Å². The van der Waals surface area contributed by atoms with E-state index in [-0.39, 0.29) is 0 Å². The molecule has 1 fully saturated rings. The van der Waals surface area contributed by atoms with Crippen molar-refractivity contribution in [1.29, 1.82) is 0 Å². The number of hydrogen-bond acceptors (Lipinski definition) is 4. The second-order valence-electron chi connectivity index (χ2n) is 5.89. The molecule has 0 atom stereocenters. The molecule has 2 rings (SSSR count). The average Bonchev–Trinajstić information content (AvgIpc) is 3.26. The van der Waals surface area contributed by atoms with Gasteiger partial charge in [0.2, 0.25) is 5.75 Å². The lowest BCUT2D eigenvalue weighted by molar-refractivity contribution is 0.323. The zero-order valence-electron chi connectivity index (χ0n) is 13.6. The van der Waals surface area contributed by atoms with Crippen molar-refractivity contribution in [2.45, 2.75) is 39.2 Å². The minimum atomic E-state index is 0.565. The number of hydrogen-bond donors (Lipinski definition) is 1. The summed E-state index contributed by atoms with van der Waals surface area (Å²) >= 11 is 0. The lowest BCUT2D eigenvalue weighted by atomic mass is 10.0. The minimum Gasteiger partial charge on any atom is -0.493 e. The molecule has 1 N–H and O–H groups in total. The minimum absolute atomic E-state index is 0.565. The van der Waals surface area contributed by atoms with Gasteiger partial charge in [-0.05, 0) is 42.4 Å². The molecule has 0 bridgehead atoms. The number of methoxy groups -OCH3 is 3. The third-order valence-electron chi connectivity index (χ3n) is 4.29. The summed E-state index contributed by atoms with van der Waals surface area (Å²) in [5.74, 6) is 2.07. The number of ether oxygens (including phenoxy) is 3. The highest BCUT2D eigenvalue weighted by Crippen LogP contribution is 2.49. The normalized spacial score (nSPS) is 15.6. The van der Waals surface area contributed by atoms with E-state index in [1.54, 1.807) is 21.3 Å². The van der Waals surface area contributed by atoms with Crippen molar-refractivity contribution in [3.63, 3.8) is 0 Å². The van der Waals surface area contributed by atoms with Gasteiger partial charge in [-0.15, -0.1) is 0 Å². The molecule has 0 saturated heterocycles.